The Labute approximate surface area is 131 Å². The number of amides is 1. The van der Waals surface area contributed by atoms with Gasteiger partial charge >= 0.3 is 0 Å². The first-order valence-electron chi connectivity index (χ1n) is 7.87. The first kappa shape index (κ1) is 15.2. The summed E-state index contributed by atoms with van der Waals surface area (Å²) in [5, 5.41) is 0. The summed E-state index contributed by atoms with van der Waals surface area (Å²) in [5.74, 6) is 1.54. The van der Waals surface area contributed by atoms with Gasteiger partial charge in [-0.15, -0.1) is 0 Å². The van der Waals surface area contributed by atoms with Crippen LogP contribution in [0.4, 0.5) is 0 Å². The van der Waals surface area contributed by atoms with E-state index in [4.69, 9.17) is 14.2 Å². The quantitative estimate of drug-likeness (QED) is 0.858. The number of likely N-dealkylation sites (N-methyl/N-ethyl adjacent to an activating group) is 1. The fourth-order valence-corrected chi connectivity index (χ4v) is 3.06. The van der Waals surface area contributed by atoms with Crippen LogP contribution in [0.5, 0.6) is 11.5 Å². The van der Waals surface area contributed by atoms with Gasteiger partial charge in [-0.2, -0.15) is 0 Å². The molecule has 0 spiro atoms. The van der Waals surface area contributed by atoms with Crippen LogP contribution in [0.2, 0.25) is 0 Å². The number of morpholine rings is 1. The number of carbonyl (C=O) groups excluding carboxylic acids is 1. The van der Waals surface area contributed by atoms with Crippen LogP contribution in [0, 0.1) is 0 Å². The van der Waals surface area contributed by atoms with E-state index >= 15 is 0 Å². The molecule has 1 saturated carbocycles. The molecule has 22 heavy (non-hydrogen) atoms. The van der Waals surface area contributed by atoms with Gasteiger partial charge in [-0.25, -0.2) is 0 Å². The molecule has 5 heteroatoms. The zero-order chi connectivity index (χ0) is 15.5. The lowest BCUT2D eigenvalue weighted by Gasteiger charge is -2.30. The van der Waals surface area contributed by atoms with Crippen molar-refractivity contribution in [1.82, 2.24) is 4.90 Å². The van der Waals surface area contributed by atoms with E-state index in [9.17, 15) is 4.79 Å². The number of hydrogen-bond donors (Lipinski definition) is 0. The molecular formula is C17H23NO4. The summed E-state index contributed by atoms with van der Waals surface area (Å²) in [6, 6.07) is 5.89. The third kappa shape index (κ3) is 3.19. The average Bonchev–Trinajstić information content (AvgIpc) is 3.03. The van der Waals surface area contributed by atoms with Gasteiger partial charge in [-0.05, 0) is 43.4 Å². The number of ether oxygens (including phenoxy) is 3. The molecule has 0 N–H and O–H groups in total. The van der Waals surface area contributed by atoms with E-state index in [0.29, 0.717) is 6.54 Å². The molecule has 1 heterocycles. The largest absolute Gasteiger partial charge is 0.493 e. The topological polar surface area (TPSA) is 48.0 Å². The Balaban J connectivity index is 1.78. The number of carbonyl (C=O) groups is 1. The van der Waals surface area contributed by atoms with Crippen molar-refractivity contribution >= 4 is 5.91 Å². The van der Waals surface area contributed by atoms with Crippen molar-refractivity contribution < 1.29 is 19.0 Å². The lowest BCUT2D eigenvalue weighted by molar-refractivity contribution is -0.147. The van der Waals surface area contributed by atoms with Crippen LogP contribution >= 0.6 is 0 Å². The summed E-state index contributed by atoms with van der Waals surface area (Å²) < 4.78 is 17.2. The van der Waals surface area contributed by atoms with E-state index < -0.39 is 0 Å². The van der Waals surface area contributed by atoms with Gasteiger partial charge < -0.3 is 19.1 Å². The standard InChI is InChI=1S/C17H23NO4/c1-18-10-16(21-11-17(18)19)12-7-8-14(20-2)15(9-12)22-13-5-3-4-6-13/h7-9,13,16H,3-6,10-11H2,1-2H3. The van der Waals surface area contributed by atoms with E-state index in [1.807, 2.05) is 18.2 Å². The Morgan fingerprint density at radius 1 is 1.23 bits per heavy atom. The molecule has 0 bridgehead atoms. The molecule has 1 aliphatic carbocycles. The highest BCUT2D eigenvalue weighted by Crippen LogP contribution is 2.35. The minimum absolute atomic E-state index is 0.0205. The molecule has 0 aromatic heterocycles. The lowest BCUT2D eigenvalue weighted by Crippen LogP contribution is -2.40. The number of benzene rings is 1. The van der Waals surface area contributed by atoms with Gasteiger partial charge in [0.2, 0.25) is 5.91 Å². The second-order valence-corrected chi connectivity index (χ2v) is 6.01. The Hall–Kier alpha value is -1.75. The molecule has 120 valence electrons. The van der Waals surface area contributed by atoms with Crippen LogP contribution in [0.1, 0.15) is 37.4 Å². The summed E-state index contributed by atoms with van der Waals surface area (Å²) in [6.45, 7) is 0.694. The maximum atomic E-state index is 11.5. The molecule has 1 aromatic rings. The Kier molecular flexibility index (Phi) is 4.52. The SMILES string of the molecule is COc1ccc(C2CN(C)C(=O)CO2)cc1OC1CCCC1. The second-order valence-electron chi connectivity index (χ2n) is 6.01. The average molecular weight is 305 g/mol. The van der Waals surface area contributed by atoms with Gasteiger partial charge in [0.25, 0.3) is 0 Å². The van der Waals surface area contributed by atoms with E-state index in [1.165, 1.54) is 12.8 Å². The van der Waals surface area contributed by atoms with Gasteiger partial charge in [0.1, 0.15) is 12.7 Å². The summed E-state index contributed by atoms with van der Waals surface area (Å²) >= 11 is 0. The highest BCUT2D eigenvalue weighted by Gasteiger charge is 2.26. The first-order valence-corrected chi connectivity index (χ1v) is 7.87. The first-order chi connectivity index (χ1) is 10.7. The molecule has 2 aliphatic rings. The van der Waals surface area contributed by atoms with Crippen molar-refractivity contribution in [3.8, 4) is 11.5 Å². The smallest absolute Gasteiger partial charge is 0.248 e. The number of methoxy groups -OCH3 is 1. The van der Waals surface area contributed by atoms with E-state index in [1.54, 1.807) is 19.1 Å². The van der Waals surface area contributed by atoms with Crippen LogP contribution in [-0.4, -0.2) is 44.2 Å². The van der Waals surface area contributed by atoms with Gasteiger partial charge in [-0.3, -0.25) is 4.79 Å². The van der Waals surface area contributed by atoms with E-state index in [2.05, 4.69) is 0 Å². The van der Waals surface area contributed by atoms with E-state index in [-0.39, 0.29) is 24.7 Å². The molecule has 3 rings (SSSR count). The fraction of sp³-hybridized carbons (Fsp3) is 0.588. The molecule has 1 atom stereocenters. The molecule has 1 unspecified atom stereocenters. The van der Waals surface area contributed by atoms with Crippen LogP contribution in [-0.2, 0) is 9.53 Å². The van der Waals surface area contributed by atoms with Crippen molar-refractivity contribution in [3.63, 3.8) is 0 Å². The predicted octanol–water partition coefficient (Wildman–Crippen LogP) is 2.55. The van der Waals surface area contributed by atoms with Crippen molar-refractivity contribution in [2.24, 2.45) is 0 Å². The van der Waals surface area contributed by atoms with Crippen molar-refractivity contribution in [2.45, 2.75) is 37.9 Å². The van der Waals surface area contributed by atoms with Gasteiger partial charge in [0.15, 0.2) is 11.5 Å². The van der Waals surface area contributed by atoms with Crippen LogP contribution in [0.25, 0.3) is 0 Å². The normalized spacial score (nSPS) is 22.9. The third-order valence-corrected chi connectivity index (χ3v) is 4.43. The Bertz CT molecular complexity index is 539. The van der Waals surface area contributed by atoms with Gasteiger partial charge in [-0.1, -0.05) is 6.07 Å². The van der Waals surface area contributed by atoms with Crippen LogP contribution in [0.15, 0.2) is 18.2 Å². The molecule has 2 fully saturated rings. The summed E-state index contributed by atoms with van der Waals surface area (Å²) in [4.78, 5) is 13.2. The Morgan fingerprint density at radius 2 is 2.00 bits per heavy atom. The third-order valence-electron chi connectivity index (χ3n) is 4.43. The second kappa shape index (κ2) is 6.57. The molecule has 0 radical (unpaired) electrons. The Morgan fingerprint density at radius 3 is 2.68 bits per heavy atom. The minimum atomic E-state index is -0.112. The molecule has 1 aromatic carbocycles. The van der Waals surface area contributed by atoms with Crippen molar-refractivity contribution in [1.29, 1.82) is 0 Å². The molecule has 5 nitrogen and oxygen atoms in total. The number of nitrogens with zero attached hydrogens (tertiary/aromatic N) is 1. The molecule has 1 amide bonds. The monoisotopic (exact) mass is 305 g/mol. The maximum absolute atomic E-state index is 11.5. The molecular weight excluding hydrogens is 282 g/mol. The van der Waals surface area contributed by atoms with Gasteiger partial charge in [0, 0.05) is 7.05 Å². The van der Waals surface area contributed by atoms with E-state index in [0.717, 1.165) is 29.9 Å². The van der Waals surface area contributed by atoms with Crippen molar-refractivity contribution in [3.05, 3.63) is 23.8 Å². The maximum Gasteiger partial charge on any atom is 0.248 e. The highest BCUT2D eigenvalue weighted by molar-refractivity contribution is 5.77. The zero-order valence-electron chi connectivity index (χ0n) is 13.2. The molecule has 1 saturated heterocycles. The number of hydrogen-bond acceptors (Lipinski definition) is 4. The summed E-state index contributed by atoms with van der Waals surface area (Å²) in [6.07, 6.45) is 4.83. The lowest BCUT2D eigenvalue weighted by atomic mass is 10.1. The summed E-state index contributed by atoms with van der Waals surface area (Å²) in [7, 11) is 3.46. The fourth-order valence-electron chi connectivity index (χ4n) is 3.06. The highest BCUT2D eigenvalue weighted by atomic mass is 16.5. The van der Waals surface area contributed by atoms with Crippen LogP contribution in [0.3, 0.4) is 0 Å². The molecule has 1 aliphatic heterocycles. The minimum Gasteiger partial charge on any atom is -0.493 e. The summed E-state index contributed by atoms with van der Waals surface area (Å²) in [5.41, 5.74) is 1.02. The number of rotatable bonds is 4. The van der Waals surface area contributed by atoms with Gasteiger partial charge in [0.05, 0.1) is 19.8 Å². The zero-order valence-corrected chi connectivity index (χ0v) is 13.2. The van der Waals surface area contributed by atoms with Crippen molar-refractivity contribution in [2.75, 3.05) is 27.3 Å². The predicted molar refractivity (Wildman–Crippen MR) is 82.2 cm³/mol. The van der Waals surface area contributed by atoms with Crippen LogP contribution < -0.4 is 9.47 Å².